The number of halogens is 1. The summed E-state index contributed by atoms with van der Waals surface area (Å²) in [6, 6.07) is 10.7. The van der Waals surface area contributed by atoms with Gasteiger partial charge in [0.25, 0.3) is 5.56 Å². The number of hydrogen-bond acceptors (Lipinski definition) is 5. The predicted octanol–water partition coefficient (Wildman–Crippen LogP) is 2.82. The van der Waals surface area contributed by atoms with Crippen LogP contribution in [-0.2, 0) is 16.1 Å². The molecule has 9 heteroatoms. The van der Waals surface area contributed by atoms with Crippen LogP contribution in [0.3, 0.4) is 0 Å². The largest absolute Gasteiger partial charge is 0.342 e. The number of fused-ring (bicyclic) bond motifs is 1. The fourth-order valence-electron chi connectivity index (χ4n) is 3.74. The van der Waals surface area contributed by atoms with Gasteiger partial charge in [-0.3, -0.25) is 19.0 Å². The number of anilines is 1. The second-order valence-electron chi connectivity index (χ2n) is 7.54. The topological polar surface area (TPSA) is 97.2 Å². The highest BCUT2D eigenvalue weighted by Crippen LogP contribution is 2.20. The molecule has 160 valence electrons. The number of hydrogen-bond donors (Lipinski definition) is 1. The summed E-state index contributed by atoms with van der Waals surface area (Å²) in [7, 11) is 0. The van der Waals surface area contributed by atoms with Crippen molar-refractivity contribution in [3.8, 4) is 0 Å². The second-order valence-corrected chi connectivity index (χ2v) is 8.46. The quantitative estimate of drug-likeness (QED) is 0.601. The number of para-hydroxylation sites is 1. The smallest absolute Gasteiger partial charge is 0.261 e. The van der Waals surface area contributed by atoms with Gasteiger partial charge in [-0.2, -0.15) is 0 Å². The van der Waals surface area contributed by atoms with E-state index in [4.69, 9.17) is 0 Å². The molecule has 1 aliphatic rings. The maximum atomic E-state index is 12.8. The molecular formula is C22H22BrN5O3. The van der Waals surface area contributed by atoms with Gasteiger partial charge in [-0.15, -0.1) is 0 Å². The van der Waals surface area contributed by atoms with Gasteiger partial charge in [0, 0.05) is 36.7 Å². The van der Waals surface area contributed by atoms with Crippen LogP contribution in [0, 0.1) is 5.92 Å². The van der Waals surface area contributed by atoms with Gasteiger partial charge in [0.15, 0.2) is 0 Å². The fraction of sp³-hybridized carbons (Fsp3) is 0.318. The first-order valence-corrected chi connectivity index (χ1v) is 10.9. The molecule has 0 bridgehead atoms. The van der Waals surface area contributed by atoms with Crippen LogP contribution in [0.4, 0.5) is 5.82 Å². The zero-order chi connectivity index (χ0) is 21.8. The van der Waals surface area contributed by atoms with E-state index >= 15 is 0 Å². The van der Waals surface area contributed by atoms with Crippen LogP contribution in [0.5, 0.6) is 0 Å². The number of carbonyl (C=O) groups is 2. The standard InChI is InChI=1S/C22H22BrN5O3/c23-16-7-8-19(24-12-16)26-21(30)15-4-3-10-27(13-15)20(29)9-11-28-14-25-18-6-2-1-5-17(18)22(28)31/h1-2,5-8,12,14-15H,3-4,9-11,13H2,(H,24,26,30)/t15-/m1/s1. The number of carbonyl (C=O) groups excluding carboxylic acids is 2. The zero-order valence-electron chi connectivity index (χ0n) is 16.8. The summed E-state index contributed by atoms with van der Waals surface area (Å²) < 4.78 is 2.30. The SMILES string of the molecule is O=C(Nc1ccc(Br)cn1)[C@@H]1CCCN(C(=O)CCn2cnc3ccccc3c2=O)C1. The van der Waals surface area contributed by atoms with E-state index in [0.29, 0.717) is 29.8 Å². The van der Waals surface area contributed by atoms with Gasteiger partial charge >= 0.3 is 0 Å². The number of pyridine rings is 1. The van der Waals surface area contributed by atoms with E-state index < -0.39 is 0 Å². The first-order chi connectivity index (χ1) is 15.0. The molecule has 0 radical (unpaired) electrons. The summed E-state index contributed by atoms with van der Waals surface area (Å²) in [6.07, 6.45) is 4.77. The van der Waals surface area contributed by atoms with Crippen LogP contribution >= 0.6 is 15.9 Å². The summed E-state index contributed by atoms with van der Waals surface area (Å²) in [5, 5.41) is 3.35. The highest BCUT2D eigenvalue weighted by molar-refractivity contribution is 9.10. The van der Waals surface area contributed by atoms with Crippen LogP contribution in [0.1, 0.15) is 19.3 Å². The molecule has 3 heterocycles. The Bertz CT molecular complexity index is 1160. The van der Waals surface area contributed by atoms with E-state index in [1.807, 2.05) is 12.1 Å². The summed E-state index contributed by atoms with van der Waals surface area (Å²) in [6.45, 7) is 1.24. The Morgan fingerprint density at radius 2 is 2.00 bits per heavy atom. The van der Waals surface area contributed by atoms with Gasteiger partial charge in [0.1, 0.15) is 5.82 Å². The maximum absolute atomic E-state index is 12.8. The molecule has 1 N–H and O–H groups in total. The third-order valence-corrected chi connectivity index (χ3v) is 5.89. The average molecular weight is 484 g/mol. The number of likely N-dealkylation sites (tertiary alicyclic amines) is 1. The van der Waals surface area contributed by atoms with Crippen LogP contribution in [0.25, 0.3) is 10.9 Å². The lowest BCUT2D eigenvalue weighted by atomic mass is 9.97. The molecule has 4 rings (SSSR count). The molecular weight excluding hydrogens is 462 g/mol. The molecule has 1 aromatic carbocycles. The minimum absolute atomic E-state index is 0.0701. The number of aryl methyl sites for hydroxylation is 1. The second kappa shape index (κ2) is 9.38. The van der Waals surface area contributed by atoms with Gasteiger partial charge in [-0.25, -0.2) is 9.97 Å². The van der Waals surface area contributed by atoms with Crippen molar-refractivity contribution in [3.05, 3.63) is 63.7 Å². The number of rotatable bonds is 5. The van der Waals surface area contributed by atoms with E-state index in [1.54, 1.807) is 35.4 Å². The summed E-state index contributed by atoms with van der Waals surface area (Å²) >= 11 is 3.32. The molecule has 1 fully saturated rings. The average Bonchev–Trinajstić information content (AvgIpc) is 2.80. The van der Waals surface area contributed by atoms with Gasteiger partial charge in [0.2, 0.25) is 11.8 Å². The third kappa shape index (κ3) is 4.99. The molecule has 1 saturated heterocycles. The Morgan fingerprint density at radius 1 is 1.16 bits per heavy atom. The third-order valence-electron chi connectivity index (χ3n) is 5.42. The fourth-order valence-corrected chi connectivity index (χ4v) is 3.97. The van der Waals surface area contributed by atoms with Crippen molar-refractivity contribution in [1.82, 2.24) is 19.4 Å². The van der Waals surface area contributed by atoms with Crippen LogP contribution in [-0.4, -0.2) is 44.3 Å². The molecule has 2 aromatic heterocycles. The van der Waals surface area contributed by atoms with Crippen molar-refractivity contribution < 1.29 is 9.59 Å². The maximum Gasteiger partial charge on any atom is 0.261 e. The van der Waals surface area contributed by atoms with E-state index in [1.165, 1.54) is 10.9 Å². The molecule has 3 aromatic rings. The molecule has 1 aliphatic heterocycles. The van der Waals surface area contributed by atoms with Gasteiger partial charge in [-0.05, 0) is 53.0 Å². The predicted molar refractivity (Wildman–Crippen MR) is 120 cm³/mol. The molecule has 31 heavy (non-hydrogen) atoms. The minimum atomic E-state index is -0.284. The number of nitrogens with zero attached hydrogens (tertiary/aromatic N) is 4. The van der Waals surface area contributed by atoms with Crippen molar-refractivity contribution in [1.29, 1.82) is 0 Å². The van der Waals surface area contributed by atoms with Crippen LogP contribution in [0.2, 0.25) is 0 Å². The molecule has 0 spiro atoms. The van der Waals surface area contributed by atoms with Crippen molar-refractivity contribution in [2.45, 2.75) is 25.8 Å². The zero-order valence-corrected chi connectivity index (χ0v) is 18.4. The lowest BCUT2D eigenvalue weighted by Crippen LogP contribution is -2.44. The molecule has 1 atom stereocenters. The number of aromatic nitrogens is 3. The van der Waals surface area contributed by atoms with Crippen molar-refractivity contribution in [3.63, 3.8) is 0 Å². The molecule has 0 unspecified atom stereocenters. The molecule has 2 amide bonds. The van der Waals surface area contributed by atoms with Gasteiger partial charge in [-0.1, -0.05) is 12.1 Å². The van der Waals surface area contributed by atoms with E-state index in [0.717, 1.165) is 17.3 Å². The molecule has 0 aliphatic carbocycles. The molecule has 8 nitrogen and oxygen atoms in total. The Morgan fingerprint density at radius 3 is 2.81 bits per heavy atom. The van der Waals surface area contributed by atoms with Crippen LogP contribution < -0.4 is 10.9 Å². The highest BCUT2D eigenvalue weighted by atomic mass is 79.9. The summed E-state index contributed by atoms with van der Waals surface area (Å²) in [5.41, 5.74) is 0.483. The van der Waals surface area contributed by atoms with Gasteiger partial charge in [0.05, 0.1) is 23.1 Å². The van der Waals surface area contributed by atoms with Crippen LogP contribution in [0.15, 0.2) is 58.2 Å². The van der Waals surface area contributed by atoms with E-state index in [2.05, 4.69) is 31.2 Å². The normalized spacial score (nSPS) is 16.3. The Balaban J connectivity index is 1.35. The first-order valence-electron chi connectivity index (χ1n) is 10.2. The Hall–Kier alpha value is -3.07. The Labute approximate surface area is 187 Å². The number of benzene rings is 1. The monoisotopic (exact) mass is 483 g/mol. The number of amides is 2. The summed E-state index contributed by atoms with van der Waals surface area (Å²) in [4.78, 5) is 48.1. The van der Waals surface area contributed by atoms with Crippen molar-refractivity contribution >= 4 is 44.5 Å². The minimum Gasteiger partial charge on any atom is -0.342 e. The lowest BCUT2D eigenvalue weighted by molar-refractivity contribution is -0.134. The van der Waals surface area contributed by atoms with Crippen molar-refractivity contribution in [2.75, 3.05) is 18.4 Å². The Kier molecular flexibility index (Phi) is 6.41. The highest BCUT2D eigenvalue weighted by Gasteiger charge is 2.28. The lowest BCUT2D eigenvalue weighted by Gasteiger charge is -2.32. The first kappa shape index (κ1) is 21.2. The van der Waals surface area contributed by atoms with Crippen molar-refractivity contribution in [2.24, 2.45) is 5.92 Å². The van der Waals surface area contributed by atoms with E-state index in [9.17, 15) is 14.4 Å². The number of piperidine rings is 1. The molecule has 0 saturated carbocycles. The number of nitrogens with one attached hydrogen (secondary N) is 1. The summed E-state index contributed by atoms with van der Waals surface area (Å²) in [5.74, 6) is -0.00497. The van der Waals surface area contributed by atoms with Gasteiger partial charge < -0.3 is 10.2 Å². The van der Waals surface area contributed by atoms with E-state index in [-0.39, 0.29) is 36.3 Å².